The molecule has 0 aliphatic heterocycles. The topological polar surface area (TPSA) is 75.6 Å². The van der Waals surface area contributed by atoms with Gasteiger partial charge in [-0.05, 0) is 50.0 Å². The summed E-state index contributed by atoms with van der Waals surface area (Å²) < 4.78 is 5.15. The van der Waals surface area contributed by atoms with Crippen LogP contribution in [0.3, 0.4) is 0 Å². The quantitative estimate of drug-likeness (QED) is 0.753. The average Bonchev–Trinajstić information content (AvgIpc) is 2.58. The molecule has 1 saturated carbocycles. The van der Waals surface area contributed by atoms with Crippen LogP contribution in [0.5, 0.6) is 0 Å². The Labute approximate surface area is 137 Å². The largest absolute Gasteiger partial charge is 0.481 e. The molecule has 2 rings (SSSR count). The number of carbonyl (C=O) groups excluding carboxylic acids is 1. The Kier molecular flexibility index (Phi) is 6.91. The molecular formula is C18H25NO4. The third-order valence-corrected chi connectivity index (χ3v) is 4.47. The second kappa shape index (κ2) is 9.18. The van der Waals surface area contributed by atoms with Crippen molar-refractivity contribution in [2.75, 3.05) is 6.54 Å². The van der Waals surface area contributed by atoms with Crippen molar-refractivity contribution in [3.63, 3.8) is 0 Å². The summed E-state index contributed by atoms with van der Waals surface area (Å²) in [7, 11) is 0. The smallest absolute Gasteiger partial charge is 0.407 e. The van der Waals surface area contributed by atoms with Crippen molar-refractivity contribution in [2.45, 2.75) is 45.1 Å². The lowest BCUT2D eigenvalue weighted by Gasteiger charge is -2.25. The molecule has 0 radical (unpaired) electrons. The monoisotopic (exact) mass is 319 g/mol. The number of hydrogen-bond donors (Lipinski definition) is 2. The first-order chi connectivity index (χ1) is 11.1. The van der Waals surface area contributed by atoms with E-state index in [0.29, 0.717) is 12.5 Å². The highest BCUT2D eigenvalue weighted by molar-refractivity contribution is 5.70. The van der Waals surface area contributed by atoms with Crippen LogP contribution >= 0.6 is 0 Å². The molecule has 0 heterocycles. The lowest BCUT2D eigenvalue weighted by Crippen LogP contribution is -2.26. The van der Waals surface area contributed by atoms with Gasteiger partial charge in [-0.25, -0.2) is 4.79 Å². The van der Waals surface area contributed by atoms with Crippen LogP contribution in [-0.2, 0) is 16.1 Å². The number of carbonyl (C=O) groups is 2. The summed E-state index contributed by atoms with van der Waals surface area (Å²) in [5.74, 6) is -0.226. The molecule has 2 N–H and O–H groups in total. The number of hydrogen-bond acceptors (Lipinski definition) is 3. The van der Waals surface area contributed by atoms with Gasteiger partial charge in [0.25, 0.3) is 0 Å². The van der Waals surface area contributed by atoms with Crippen molar-refractivity contribution in [3.8, 4) is 0 Å². The summed E-state index contributed by atoms with van der Waals surface area (Å²) in [6, 6.07) is 9.58. The number of carboxylic acid groups (broad SMARTS) is 1. The van der Waals surface area contributed by atoms with Crippen LogP contribution in [0.1, 0.15) is 44.1 Å². The second-order valence-corrected chi connectivity index (χ2v) is 6.19. The van der Waals surface area contributed by atoms with Gasteiger partial charge in [0.1, 0.15) is 6.61 Å². The maximum Gasteiger partial charge on any atom is 0.407 e. The Morgan fingerprint density at radius 3 is 2.48 bits per heavy atom. The predicted octanol–water partition coefficient (Wildman–Crippen LogP) is 3.58. The van der Waals surface area contributed by atoms with Gasteiger partial charge in [-0.15, -0.1) is 0 Å². The average molecular weight is 319 g/mol. The Hall–Kier alpha value is -2.04. The standard InChI is InChI=1S/C18H25NO4/c20-17(21)16-10-8-14(9-11-16)7-4-12-19-18(22)23-13-15-5-2-1-3-6-15/h1-3,5-6,14,16H,4,7-13H2,(H,19,22)(H,20,21)/t14-,16-. The highest BCUT2D eigenvalue weighted by Gasteiger charge is 2.25. The van der Waals surface area contributed by atoms with E-state index in [1.807, 2.05) is 30.3 Å². The van der Waals surface area contributed by atoms with Crippen LogP contribution < -0.4 is 5.32 Å². The molecular weight excluding hydrogens is 294 g/mol. The fourth-order valence-electron chi connectivity index (χ4n) is 3.05. The van der Waals surface area contributed by atoms with Gasteiger partial charge in [-0.1, -0.05) is 30.3 Å². The minimum Gasteiger partial charge on any atom is -0.481 e. The van der Waals surface area contributed by atoms with Gasteiger partial charge in [-0.2, -0.15) is 0 Å². The van der Waals surface area contributed by atoms with E-state index in [2.05, 4.69) is 5.32 Å². The molecule has 126 valence electrons. The van der Waals surface area contributed by atoms with Crippen LogP contribution in [0.4, 0.5) is 4.79 Å². The molecule has 5 heteroatoms. The molecule has 5 nitrogen and oxygen atoms in total. The van der Waals surface area contributed by atoms with Gasteiger partial charge in [0, 0.05) is 6.54 Å². The number of amides is 1. The predicted molar refractivity (Wildman–Crippen MR) is 86.9 cm³/mol. The zero-order valence-corrected chi connectivity index (χ0v) is 13.4. The molecule has 0 unspecified atom stereocenters. The Balaban J connectivity index is 1.52. The Bertz CT molecular complexity index is 495. The molecule has 0 spiro atoms. The number of rotatable bonds is 7. The number of ether oxygens (including phenoxy) is 1. The highest BCUT2D eigenvalue weighted by Crippen LogP contribution is 2.31. The summed E-state index contributed by atoms with van der Waals surface area (Å²) in [5, 5.41) is 11.7. The van der Waals surface area contributed by atoms with Crippen LogP contribution in [0, 0.1) is 11.8 Å². The van der Waals surface area contributed by atoms with Crippen molar-refractivity contribution in [3.05, 3.63) is 35.9 Å². The van der Waals surface area contributed by atoms with Gasteiger partial charge in [0.2, 0.25) is 0 Å². The lowest BCUT2D eigenvalue weighted by molar-refractivity contribution is -0.143. The minimum atomic E-state index is -0.661. The number of carboxylic acids is 1. The number of nitrogens with one attached hydrogen (secondary N) is 1. The van der Waals surface area contributed by atoms with Gasteiger partial charge in [0.15, 0.2) is 0 Å². The van der Waals surface area contributed by atoms with E-state index in [4.69, 9.17) is 9.84 Å². The molecule has 1 aliphatic rings. The third-order valence-electron chi connectivity index (χ3n) is 4.47. The first-order valence-electron chi connectivity index (χ1n) is 8.32. The maximum absolute atomic E-state index is 11.6. The summed E-state index contributed by atoms with van der Waals surface area (Å²) in [6.07, 6.45) is 5.08. The molecule has 0 atom stereocenters. The van der Waals surface area contributed by atoms with Crippen molar-refractivity contribution in [2.24, 2.45) is 11.8 Å². The summed E-state index contributed by atoms with van der Waals surface area (Å²) in [6.45, 7) is 0.887. The van der Waals surface area contributed by atoms with E-state index >= 15 is 0 Å². The van der Waals surface area contributed by atoms with Gasteiger partial charge in [-0.3, -0.25) is 4.79 Å². The van der Waals surface area contributed by atoms with E-state index in [0.717, 1.165) is 44.1 Å². The van der Waals surface area contributed by atoms with Gasteiger partial charge < -0.3 is 15.2 Å². The zero-order chi connectivity index (χ0) is 16.5. The normalized spacial score (nSPS) is 20.7. The van der Waals surface area contributed by atoms with Crippen molar-refractivity contribution < 1.29 is 19.4 Å². The second-order valence-electron chi connectivity index (χ2n) is 6.19. The van der Waals surface area contributed by atoms with Gasteiger partial charge >= 0.3 is 12.1 Å². The SMILES string of the molecule is O=C(NCCC[C@H]1CC[C@H](C(=O)O)CC1)OCc1ccccc1. The molecule has 1 aromatic carbocycles. The van der Waals surface area contributed by atoms with Crippen molar-refractivity contribution in [1.82, 2.24) is 5.32 Å². The van der Waals surface area contributed by atoms with E-state index in [9.17, 15) is 9.59 Å². The maximum atomic E-state index is 11.6. The van der Waals surface area contributed by atoms with Gasteiger partial charge in [0.05, 0.1) is 5.92 Å². The summed E-state index contributed by atoms with van der Waals surface area (Å²) in [5.41, 5.74) is 0.970. The van der Waals surface area contributed by atoms with E-state index in [1.54, 1.807) is 0 Å². The fourth-order valence-corrected chi connectivity index (χ4v) is 3.05. The number of benzene rings is 1. The van der Waals surface area contributed by atoms with Crippen LogP contribution in [0.2, 0.25) is 0 Å². The van der Waals surface area contributed by atoms with Crippen molar-refractivity contribution in [1.29, 1.82) is 0 Å². The summed E-state index contributed by atoms with van der Waals surface area (Å²) >= 11 is 0. The first-order valence-corrected chi connectivity index (χ1v) is 8.32. The molecule has 0 saturated heterocycles. The third kappa shape index (κ3) is 6.30. The van der Waals surface area contributed by atoms with E-state index in [1.165, 1.54) is 0 Å². The highest BCUT2D eigenvalue weighted by atomic mass is 16.5. The molecule has 23 heavy (non-hydrogen) atoms. The first kappa shape index (κ1) is 17.3. The Morgan fingerprint density at radius 2 is 1.83 bits per heavy atom. The molecule has 1 fully saturated rings. The molecule has 0 aromatic heterocycles. The zero-order valence-electron chi connectivity index (χ0n) is 13.4. The number of alkyl carbamates (subject to hydrolysis) is 1. The molecule has 1 aromatic rings. The molecule has 1 amide bonds. The summed E-state index contributed by atoms with van der Waals surface area (Å²) in [4.78, 5) is 22.5. The Morgan fingerprint density at radius 1 is 1.13 bits per heavy atom. The van der Waals surface area contributed by atoms with E-state index < -0.39 is 5.97 Å². The number of aliphatic carboxylic acids is 1. The fraction of sp³-hybridized carbons (Fsp3) is 0.556. The van der Waals surface area contributed by atoms with Crippen LogP contribution in [0.15, 0.2) is 30.3 Å². The minimum absolute atomic E-state index is 0.155. The lowest BCUT2D eigenvalue weighted by atomic mass is 9.80. The van der Waals surface area contributed by atoms with Crippen LogP contribution in [-0.4, -0.2) is 23.7 Å². The van der Waals surface area contributed by atoms with Crippen molar-refractivity contribution >= 4 is 12.1 Å². The molecule has 1 aliphatic carbocycles. The van der Waals surface area contributed by atoms with Crippen LogP contribution in [0.25, 0.3) is 0 Å². The van der Waals surface area contributed by atoms with E-state index in [-0.39, 0.29) is 18.6 Å². The molecule has 0 bridgehead atoms.